The minimum absolute atomic E-state index is 0.628. The molecule has 0 amide bonds. The average molecular weight is 309 g/mol. The van der Waals surface area contributed by atoms with Crippen LogP contribution in [0.15, 0.2) is 22.9 Å². The van der Waals surface area contributed by atoms with Crippen LogP contribution in [0.3, 0.4) is 0 Å². The predicted octanol–water partition coefficient (Wildman–Crippen LogP) is 3.01. The number of methoxy groups -OCH3 is 1. The molecule has 1 saturated heterocycles. The first-order valence-electron chi connectivity index (χ1n) is 6.42. The number of nitrogens with one attached hydrogen (secondary N) is 1. The van der Waals surface area contributed by atoms with E-state index in [9.17, 15) is 0 Å². The Hall–Kier alpha value is -0.870. The zero-order chi connectivity index (χ0) is 12.5. The first kappa shape index (κ1) is 12.2. The molecule has 0 bridgehead atoms. The number of aromatic nitrogens is 1. The van der Waals surface area contributed by atoms with Crippen molar-refractivity contribution >= 4 is 21.5 Å². The molecule has 2 atom stereocenters. The lowest BCUT2D eigenvalue weighted by Crippen LogP contribution is -2.37. The lowest BCUT2D eigenvalue weighted by molar-refractivity contribution is 0.348. The van der Waals surface area contributed by atoms with Gasteiger partial charge in [-0.05, 0) is 64.9 Å². The second kappa shape index (κ2) is 5.02. The normalized spacial score (nSPS) is 26.7. The molecule has 3 rings (SSSR count). The Balaban J connectivity index is 1.87. The molecule has 1 fully saturated rings. The third-order valence-electron chi connectivity index (χ3n) is 3.89. The number of rotatable bonds is 2. The molecule has 96 valence electrons. The Morgan fingerprint density at radius 2 is 2.39 bits per heavy atom. The fourth-order valence-corrected chi connectivity index (χ4v) is 3.30. The minimum atomic E-state index is 0.628. The van der Waals surface area contributed by atoms with Gasteiger partial charge in [0.25, 0.3) is 0 Å². The van der Waals surface area contributed by atoms with Gasteiger partial charge in [-0.25, -0.2) is 4.98 Å². The number of hydrogen-bond donors (Lipinski definition) is 1. The summed E-state index contributed by atoms with van der Waals surface area (Å²) in [5, 5.41) is 3.61. The van der Waals surface area contributed by atoms with E-state index < -0.39 is 0 Å². The van der Waals surface area contributed by atoms with Crippen molar-refractivity contribution in [3.8, 4) is 5.75 Å². The van der Waals surface area contributed by atoms with Gasteiger partial charge in [-0.1, -0.05) is 6.08 Å². The highest BCUT2D eigenvalue weighted by molar-refractivity contribution is 9.10. The lowest BCUT2D eigenvalue weighted by Gasteiger charge is -2.25. The van der Waals surface area contributed by atoms with E-state index in [0.717, 1.165) is 23.3 Å². The highest BCUT2D eigenvalue weighted by Gasteiger charge is 2.30. The second-order valence-electron chi connectivity index (χ2n) is 4.98. The summed E-state index contributed by atoms with van der Waals surface area (Å²) in [4.78, 5) is 4.34. The largest absolute Gasteiger partial charge is 0.494 e. The monoisotopic (exact) mass is 308 g/mol. The van der Waals surface area contributed by atoms with Crippen molar-refractivity contribution in [2.75, 3.05) is 13.7 Å². The summed E-state index contributed by atoms with van der Waals surface area (Å²) >= 11 is 3.39. The molecule has 2 aliphatic rings. The molecule has 0 spiro atoms. The number of piperidine rings is 1. The van der Waals surface area contributed by atoms with Crippen LogP contribution in [-0.4, -0.2) is 24.7 Å². The van der Waals surface area contributed by atoms with Crippen LogP contribution in [0.4, 0.5) is 0 Å². The van der Waals surface area contributed by atoms with Crippen LogP contribution in [-0.2, 0) is 0 Å². The van der Waals surface area contributed by atoms with Gasteiger partial charge >= 0.3 is 0 Å². The number of fused-ring (bicyclic) bond motifs is 1. The Bertz CT molecular complexity index is 487. The van der Waals surface area contributed by atoms with Crippen molar-refractivity contribution in [3.05, 3.63) is 28.5 Å². The van der Waals surface area contributed by atoms with E-state index in [0.29, 0.717) is 12.0 Å². The molecule has 2 heterocycles. The SMILES string of the molecule is COc1cc(C2=CC3CCCNC3C2)cnc1Br. The summed E-state index contributed by atoms with van der Waals surface area (Å²) in [6.45, 7) is 1.16. The van der Waals surface area contributed by atoms with Crippen LogP contribution in [0.2, 0.25) is 0 Å². The van der Waals surface area contributed by atoms with Crippen molar-refractivity contribution in [1.29, 1.82) is 0 Å². The van der Waals surface area contributed by atoms with Crippen molar-refractivity contribution in [2.45, 2.75) is 25.3 Å². The Kier molecular flexibility index (Phi) is 3.39. The van der Waals surface area contributed by atoms with E-state index in [1.165, 1.54) is 24.0 Å². The maximum atomic E-state index is 5.31. The zero-order valence-corrected chi connectivity index (χ0v) is 12.0. The van der Waals surface area contributed by atoms with E-state index in [2.05, 4.69) is 38.4 Å². The van der Waals surface area contributed by atoms with Gasteiger partial charge in [-0.3, -0.25) is 0 Å². The van der Waals surface area contributed by atoms with Crippen molar-refractivity contribution < 1.29 is 4.74 Å². The molecule has 0 radical (unpaired) electrons. The van der Waals surface area contributed by atoms with Crippen LogP contribution >= 0.6 is 15.9 Å². The molecule has 0 saturated carbocycles. The zero-order valence-electron chi connectivity index (χ0n) is 10.4. The summed E-state index contributed by atoms with van der Waals surface area (Å²) in [5.41, 5.74) is 2.59. The van der Waals surface area contributed by atoms with Gasteiger partial charge in [0.1, 0.15) is 4.60 Å². The fourth-order valence-electron chi connectivity index (χ4n) is 2.92. The lowest BCUT2D eigenvalue weighted by atomic mass is 9.94. The number of nitrogens with zero attached hydrogens (tertiary/aromatic N) is 1. The van der Waals surface area contributed by atoms with Crippen LogP contribution < -0.4 is 10.1 Å². The maximum absolute atomic E-state index is 5.31. The van der Waals surface area contributed by atoms with Gasteiger partial charge in [-0.2, -0.15) is 0 Å². The molecule has 1 aliphatic carbocycles. The van der Waals surface area contributed by atoms with E-state index >= 15 is 0 Å². The number of halogens is 1. The maximum Gasteiger partial charge on any atom is 0.152 e. The molecule has 1 aromatic rings. The second-order valence-corrected chi connectivity index (χ2v) is 5.73. The van der Waals surface area contributed by atoms with Crippen molar-refractivity contribution in [3.63, 3.8) is 0 Å². The third-order valence-corrected chi connectivity index (χ3v) is 4.49. The van der Waals surface area contributed by atoms with Crippen molar-refractivity contribution in [2.24, 2.45) is 5.92 Å². The molecule has 1 aromatic heterocycles. The molecular weight excluding hydrogens is 292 g/mol. The van der Waals surface area contributed by atoms with E-state index in [1.807, 2.05) is 6.20 Å². The summed E-state index contributed by atoms with van der Waals surface area (Å²) < 4.78 is 6.08. The Morgan fingerprint density at radius 1 is 1.50 bits per heavy atom. The molecule has 3 nitrogen and oxygen atoms in total. The topological polar surface area (TPSA) is 34.1 Å². The third kappa shape index (κ3) is 2.19. The first-order valence-corrected chi connectivity index (χ1v) is 7.21. The quantitative estimate of drug-likeness (QED) is 0.853. The molecule has 4 heteroatoms. The number of pyridine rings is 1. The van der Waals surface area contributed by atoms with Crippen LogP contribution in [0.5, 0.6) is 5.75 Å². The van der Waals surface area contributed by atoms with Gasteiger partial charge in [-0.15, -0.1) is 0 Å². The first-order chi connectivity index (χ1) is 8.78. The Morgan fingerprint density at radius 3 is 3.17 bits per heavy atom. The summed E-state index contributed by atoms with van der Waals surface area (Å²) in [6.07, 6.45) is 8.04. The van der Waals surface area contributed by atoms with E-state index in [4.69, 9.17) is 4.74 Å². The van der Waals surface area contributed by atoms with Gasteiger partial charge < -0.3 is 10.1 Å². The highest BCUT2D eigenvalue weighted by atomic mass is 79.9. The smallest absolute Gasteiger partial charge is 0.152 e. The molecule has 1 N–H and O–H groups in total. The molecule has 1 aliphatic heterocycles. The number of ether oxygens (including phenoxy) is 1. The van der Waals surface area contributed by atoms with Crippen LogP contribution in [0.25, 0.3) is 5.57 Å². The summed E-state index contributed by atoms with van der Waals surface area (Å²) in [7, 11) is 1.68. The van der Waals surface area contributed by atoms with Crippen LogP contribution in [0, 0.1) is 5.92 Å². The van der Waals surface area contributed by atoms with Gasteiger partial charge in [0.15, 0.2) is 5.75 Å². The van der Waals surface area contributed by atoms with Gasteiger partial charge in [0.05, 0.1) is 7.11 Å². The van der Waals surface area contributed by atoms with Gasteiger partial charge in [0.2, 0.25) is 0 Å². The molecular formula is C14H17BrN2O. The van der Waals surface area contributed by atoms with Gasteiger partial charge in [0, 0.05) is 12.2 Å². The summed E-state index contributed by atoms with van der Waals surface area (Å²) in [5.74, 6) is 1.50. The molecule has 0 aromatic carbocycles. The standard InChI is InChI=1S/C14H17BrN2O/c1-18-13-7-11(8-17-14(13)15)10-5-9-3-2-4-16-12(9)6-10/h5,7-9,12,16H,2-4,6H2,1H3. The van der Waals surface area contributed by atoms with E-state index in [1.54, 1.807) is 7.11 Å². The van der Waals surface area contributed by atoms with E-state index in [-0.39, 0.29) is 0 Å². The number of hydrogen-bond acceptors (Lipinski definition) is 3. The summed E-state index contributed by atoms with van der Waals surface area (Å²) in [6, 6.07) is 2.70. The van der Waals surface area contributed by atoms with Crippen LogP contribution in [0.1, 0.15) is 24.8 Å². The average Bonchev–Trinajstić information content (AvgIpc) is 2.83. The molecule has 2 unspecified atom stereocenters. The highest BCUT2D eigenvalue weighted by Crippen LogP contribution is 2.37. The molecule has 18 heavy (non-hydrogen) atoms. The minimum Gasteiger partial charge on any atom is -0.494 e. The van der Waals surface area contributed by atoms with Crippen molar-refractivity contribution in [1.82, 2.24) is 10.3 Å². The fraction of sp³-hybridized carbons (Fsp3) is 0.500. The predicted molar refractivity (Wildman–Crippen MR) is 75.6 cm³/mol. The Labute approximate surface area is 116 Å².